The summed E-state index contributed by atoms with van der Waals surface area (Å²) in [6.07, 6.45) is -4.51. The molecule has 3 N–H and O–H groups in total. The summed E-state index contributed by atoms with van der Waals surface area (Å²) >= 11 is 0. The molecule has 0 fully saturated rings. The maximum Gasteiger partial charge on any atom is 0.432 e. The Morgan fingerprint density at radius 1 is 1.29 bits per heavy atom. The Kier molecular flexibility index (Phi) is 6.33. The van der Waals surface area contributed by atoms with E-state index < -0.39 is 17.8 Å². The summed E-state index contributed by atoms with van der Waals surface area (Å²) in [5.74, 6) is -1.02. The molecule has 0 aliphatic heterocycles. The molecule has 0 radical (unpaired) electrons. The first-order valence-corrected chi connectivity index (χ1v) is 6.89. The van der Waals surface area contributed by atoms with Gasteiger partial charge in [-0.2, -0.15) is 18.3 Å². The fraction of sp³-hybridized carbons (Fsp3) is 0.333. The van der Waals surface area contributed by atoms with Gasteiger partial charge in [0.25, 0.3) is 5.91 Å². The zero-order valence-corrected chi connectivity index (χ0v) is 13.2. The van der Waals surface area contributed by atoms with E-state index in [1.54, 1.807) is 25.9 Å². The van der Waals surface area contributed by atoms with Gasteiger partial charge in [-0.05, 0) is 32.4 Å². The lowest BCUT2D eigenvalue weighted by Crippen LogP contribution is -2.30. The SMILES string of the molecule is CC(C)NC(=O)c1cc(C(F)(F)F)[nH]n1.Cc1ccc(O)cc1F. The van der Waals surface area contributed by atoms with Crippen molar-refractivity contribution in [1.29, 1.82) is 0 Å². The van der Waals surface area contributed by atoms with E-state index in [0.29, 0.717) is 11.6 Å². The van der Waals surface area contributed by atoms with E-state index in [4.69, 9.17) is 5.11 Å². The van der Waals surface area contributed by atoms with E-state index in [9.17, 15) is 22.4 Å². The van der Waals surface area contributed by atoms with Crippen LogP contribution >= 0.6 is 0 Å². The Labute approximate surface area is 135 Å². The number of aryl methyl sites for hydroxylation is 1. The quantitative estimate of drug-likeness (QED) is 0.729. The highest BCUT2D eigenvalue weighted by Gasteiger charge is 2.33. The van der Waals surface area contributed by atoms with Crippen LogP contribution in [-0.2, 0) is 6.18 Å². The van der Waals surface area contributed by atoms with E-state index in [2.05, 4.69) is 10.4 Å². The number of nitrogens with zero attached hydrogens (tertiary/aromatic N) is 1. The Bertz CT molecular complexity index is 696. The predicted molar refractivity (Wildman–Crippen MR) is 79.0 cm³/mol. The molecule has 0 saturated carbocycles. The van der Waals surface area contributed by atoms with Crippen molar-refractivity contribution in [2.45, 2.75) is 33.0 Å². The molecule has 1 amide bonds. The third kappa shape index (κ3) is 5.90. The summed E-state index contributed by atoms with van der Waals surface area (Å²) in [7, 11) is 0. The average molecular weight is 347 g/mol. The summed E-state index contributed by atoms with van der Waals surface area (Å²) in [6.45, 7) is 5.05. The van der Waals surface area contributed by atoms with Crippen LogP contribution in [0.25, 0.3) is 0 Å². The molecule has 0 unspecified atom stereocenters. The second kappa shape index (κ2) is 7.80. The van der Waals surface area contributed by atoms with Gasteiger partial charge in [-0.15, -0.1) is 0 Å². The number of aromatic nitrogens is 2. The molecule has 5 nitrogen and oxygen atoms in total. The number of hydrogen-bond acceptors (Lipinski definition) is 3. The summed E-state index contributed by atoms with van der Waals surface area (Å²) in [4.78, 5) is 11.2. The Hall–Kier alpha value is -2.58. The van der Waals surface area contributed by atoms with Crippen LogP contribution in [0.4, 0.5) is 17.6 Å². The maximum atomic E-state index is 12.4. The summed E-state index contributed by atoms with van der Waals surface area (Å²) < 4.78 is 48.8. The third-order valence-electron chi connectivity index (χ3n) is 2.69. The van der Waals surface area contributed by atoms with Crippen molar-refractivity contribution < 1.29 is 27.5 Å². The summed E-state index contributed by atoms with van der Waals surface area (Å²) in [5, 5.41) is 16.2. The van der Waals surface area contributed by atoms with Crippen molar-refractivity contribution in [3.8, 4) is 5.75 Å². The van der Waals surface area contributed by atoms with Gasteiger partial charge in [0, 0.05) is 18.2 Å². The summed E-state index contributed by atoms with van der Waals surface area (Å²) in [6, 6.07) is 4.61. The highest BCUT2D eigenvalue weighted by molar-refractivity contribution is 5.92. The average Bonchev–Trinajstić information content (AvgIpc) is 2.93. The van der Waals surface area contributed by atoms with Crippen molar-refractivity contribution >= 4 is 5.91 Å². The van der Waals surface area contributed by atoms with Crippen LogP contribution in [0, 0.1) is 12.7 Å². The van der Waals surface area contributed by atoms with E-state index >= 15 is 0 Å². The predicted octanol–water partition coefficient (Wildman–Crippen LogP) is 3.41. The number of phenolic OH excluding ortho intramolecular Hbond substituents is 1. The first kappa shape index (κ1) is 19.5. The van der Waals surface area contributed by atoms with Gasteiger partial charge in [0.15, 0.2) is 5.69 Å². The number of halogens is 4. The lowest BCUT2D eigenvalue weighted by Gasteiger charge is -2.05. The molecule has 132 valence electrons. The second-order valence-electron chi connectivity index (χ2n) is 5.23. The molecular weight excluding hydrogens is 330 g/mol. The number of aromatic hydroxyl groups is 1. The lowest BCUT2D eigenvalue weighted by molar-refractivity contribution is -0.141. The number of alkyl halides is 3. The van der Waals surface area contributed by atoms with Crippen LogP contribution in [0.3, 0.4) is 0 Å². The van der Waals surface area contributed by atoms with Crippen LogP contribution in [0.1, 0.15) is 35.6 Å². The monoisotopic (exact) mass is 347 g/mol. The third-order valence-corrected chi connectivity index (χ3v) is 2.69. The fourth-order valence-corrected chi connectivity index (χ4v) is 1.50. The molecule has 1 heterocycles. The van der Waals surface area contributed by atoms with Crippen molar-refractivity contribution in [2.24, 2.45) is 0 Å². The minimum absolute atomic E-state index is 0.0295. The van der Waals surface area contributed by atoms with Crippen LogP contribution in [0.2, 0.25) is 0 Å². The Morgan fingerprint density at radius 3 is 2.33 bits per heavy atom. The fourth-order valence-electron chi connectivity index (χ4n) is 1.50. The molecule has 0 saturated heterocycles. The normalized spacial score (nSPS) is 11.0. The van der Waals surface area contributed by atoms with Gasteiger partial charge >= 0.3 is 6.18 Å². The Balaban J connectivity index is 0.000000272. The zero-order chi connectivity index (χ0) is 18.5. The van der Waals surface area contributed by atoms with Gasteiger partial charge in [0.1, 0.15) is 17.3 Å². The molecule has 0 atom stereocenters. The lowest BCUT2D eigenvalue weighted by atomic mass is 10.2. The molecule has 24 heavy (non-hydrogen) atoms. The highest BCUT2D eigenvalue weighted by Crippen LogP contribution is 2.27. The van der Waals surface area contributed by atoms with E-state index in [1.165, 1.54) is 12.1 Å². The van der Waals surface area contributed by atoms with Crippen LogP contribution in [0.5, 0.6) is 5.75 Å². The molecular formula is C15H17F4N3O2. The number of amides is 1. The topological polar surface area (TPSA) is 78.0 Å². The molecule has 2 rings (SSSR count). The van der Waals surface area contributed by atoms with Gasteiger partial charge in [-0.1, -0.05) is 6.07 Å². The number of nitrogens with one attached hydrogen (secondary N) is 2. The molecule has 0 aliphatic rings. The molecule has 2 aromatic rings. The van der Waals surface area contributed by atoms with Crippen molar-refractivity contribution in [3.63, 3.8) is 0 Å². The smallest absolute Gasteiger partial charge is 0.432 e. The van der Waals surface area contributed by atoms with Crippen molar-refractivity contribution in [1.82, 2.24) is 15.5 Å². The van der Waals surface area contributed by atoms with Crippen molar-refractivity contribution in [2.75, 3.05) is 0 Å². The number of rotatable bonds is 2. The Morgan fingerprint density at radius 2 is 1.92 bits per heavy atom. The maximum absolute atomic E-state index is 12.4. The van der Waals surface area contributed by atoms with E-state index in [1.807, 2.05) is 0 Å². The number of hydrogen-bond donors (Lipinski definition) is 3. The highest BCUT2D eigenvalue weighted by atomic mass is 19.4. The molecule has 1 aromatic heterocycles. The van der Waals surface area contributed by atoms with Gasteiger partial charge in [0.2, 0.25) is 0 Å². The first-order chi connectivity index (χ1) is 11.0. The molecule has 1 aromatic carbocycles. The van der Waals surface area contributed by atoms with Gasteiger partial charge in [-0.3, -0.25) is 9.89 Å². The van der Waals surface area contributed by atoms with Gasteiger partial charge < -0.3 is 10.4 Å². The minimum Gasteiger partial charge on any atom is -0.508 e. The van der Waals surface area contributed by atoms with E-state index in [0.717, 1.165) is 6.07 Å². The van der Waals surface area contributed by atoms with Crippen molar-refractivity contribution in [3.05, 3.63) is 47.0 Å². The largest absolute Gasteiger partial charge is 0.508 e. The van der Waals surface area contributed by atoms with Gasteiger partial charge in [0.05, 0.1) is 0 Å². The standard InChI is InChI=1S/C8H10F3N3O.C7H7FO/c1-4(2)12-7(15)5-3-6(14-13-5)8(9,10)11;1-5-2-3-6(9)4-7(5)8/h3-4H,1-2H3,(H,12,15)(H,13,14);2-4,9H,1H3. The molecule has 0 bridgehead atoms. The van der Waals surface area contributed by atoms with Crippen LogP contribution < -0.4 is 5.32 Å². The number of aromatic amines is 1. The molecule has 0 spiro atoms. The van der Waals surface area contributed by atoms with E-state index in [-0.39, 0.29) is 23.3 Å². The number of phenols is 1. The van der Waals surface area contributed by atoms with Crippen LogP contribution in [-0.4, -0.2) is 27.3 Å². The minimum atomic E-state index is -4.51. The number of carbonyl (C=O) groups excluding carboxylic acids is 1. The first-order valence-electron chi connectivity index (χ1n) is 6.89. The second-order valence-corrected chi connectivity index (χ2v) is 5.23. The zero-order valence-electron chi connectivity index (χ0n) is 13.2. The molecule has 0 aliphatic carbocycles. The number of carbonyl (C=O) groups is 1. The number of H-pyrrole nitrogens is 1. The van der Waals surface area contributed by atoms with Gasteiger partial charge in [-0.25, -0.2) is 4.39 Å². The number of benzene rings is 1. The summed E-state index contributed by atoms with van der Waals surface area (Å²) in [5.41, 5.74) is -0.750. The molecule has 9 heteroatoms. The van der Waals surface area contributed by atoms with Crippen LogP contribution in [0.15, 0.2) is 24.3 Å².